The molecule has 4 aromatic carbocycles. The van der Waals surface area contributed by atoms with E-state index in [-0.39, 0.29) is 46.5 Å². The number of aromatic amines is 5. The van der Waals surface area contributed by atoms with Crippen LogP contribution in [0.1, 0.15) is 76.0 Å². The van der Waals surface area contributed by atoms with Crippen LogP contribution in [0.5, 0.6) is 11.5 Å². The molecule has 2 atom stereocenters. The van der Waals surface area contributed by atoms with Gasteiger partial charge in [0.05, 0.1) is 22.4 Å². The number of rotatable bonds is 8. The number of nitrogens with zero attached hydrogens (tertiary/aromatic N) is 2. The van der Waals surface area contributed by atoms with Gasteiger partial charge in [-0.15, -0.1) is 23.2 Å². The number of fused-ring (bicyclic) bond motifs is 8. The molecule has 326 valence electrons. The lowest BCUT2D eigenvalue weighted by molar-refractivity contribution is 0.0977. The number of hydrogen-bond acceptors (Lipinski definition) is 6. The SMILES string of the molecule is Cc1c[nH]c2c(O)cc3c(c12)[C@H](CCl)CN3C(=O)c1cc2cc(NC(=O)c3ccc(C(=O)Nc4ccc5[nH]c(C(=O)N6C[C@H](CCl)c7c6cc(O)c6[nH]cc(C)c76)cc5c4)[nH]3)ccc2[nH]1. The molecule has 15 nitrogen and oxygen atoms in total. The molecule has 2 aliphatic rings. The molecule has 2 aliphatic heterocycles. The molecular formula is C48H39Cl2N9O6. The van der Waals surface area contributed by atoms with Gasteiger partial charge in [-0.3, -0.25) is 19.2 Å². The van der Waals surface area contributed by atoms with E-state index >= 15 is 0 Å². The third-order valence-corrected chi connectivity index (χ3v) is 13.5. The fourth-order valence-corrected chi connectivity index (χ4v) is 10.2. The molecule has 0 radical (unpaired) electrons. The summed E-state index contributed by atoms with van der Waals surface area (Å²) in [5.74, 6) is -1.04. The number of aryl methyl sites for hydroxylation is 2. The van der Waals surface area contributed by atoms with E-state index in [2.05, 4.69) is 35.6 Å². The molecule has 11 rings (SSSR count). The Kier molecular flexibility index (Phi) is 9.27. The highest BCUT2D eigenvalue weighted by Gasteiger charge is 2.38. The van der Waals surface area contributed by atoms with Crippen molar-refractivity contribution < 1.29 is 29.4 Å². The number of carbonyl (C=O) groups is 4. The fourth-order valence-electron chi connectivity index (χ4n) is 9.69. The van der Waals surface area contributed by atoms with Gasteiger partial charge < -0.3 is 55.6 Å². The van der Waals surface area contributed by atoms with Crippen molar-refractivity contribution in [3.05, 3.63) is 130 Å². The van der Waals surface area contributed by atoms with Crippen molar-refractivity contribution >= 4 is 113 Å². The first kappa shape index (κ1) is 40.2. The molecule has 17 heteroatoms. The summed E-state index contributed by atoms with van der Waals surface area (Å²) in [7, 11) is 0. The standard InChI is InChI=1S/C48H39Cl2N9O6/c1-21-17-51-43-37(60)13-35-41(39(21)43)25(15-49)19-58(35)47(64)33-11-23-9-27(3-5-29(23)55-33)53-45(62)31-7-8-32(57-31)46(63)54-28-4-6-30-24(10-28)12-34(56-30)48(65)59-20-26(16-50)42-36(59)14-38(61)44-40(42)22(2)18-52-44/h3-14,17-18,25-26,51-52,55-57,60-61H,15-16,19-20H2,1-2H3,(H,53,62)(H,54,63)/t25-,26+. The zero-order valence-electron chi connectivity index (χ0n) is 34.7. The minimum Gasteiger partial charge on any atom is -0.506 e. The van der Waals surface area contributed by atoms with Crippen LogP contribution in [0.3, 0.4) is 0 Å². The maximum Gasteiger partial charge on any atom is 0.274 e. The Labute approximate surface area is 378 Å². The minimum atomic E-state index is -0.478. The Hall–Kier alpha value is -7.62. The first-order valence-corrected chi connectivity index (χ1v) is 22.0. The highest BCUT2D eigenvalue weighted by Crippen LogP contribution is 2.48. The van der Waals surface area contributed by atoms with Gasteiger partial charge in [0, 0.05) is 105 Å². The summed E-state index contributed by atoms with van der Waals surface area (Å²) in [5, 5.41) is 30.5. The Morgan fingerprint density at radius 1 is 0.600 bits per heavy atom. The van der Waals surface area contributed by atoms with E-state index in [4.69, 9.17) is 23.2 Å². The smallest absolute Gasteiger partial charge is 0.274 e. The lowest BCUT2D eigenvalue weighted by atomic mass is 9.97. The van der Waals surface area contributed by atoms with Gasteiger partial charge in [-0.25, -0.2) is 0 Å². The second-order valence-electron chi connectivity index (χ2n) is 16.8. The van der Waals surface area contributed by atoms with Gasteiger partial charge in [-0.1, -0.05) is 0 Å². The molecule has 0 saturated heterocycles. The van der Waals surface area contributed by atoms with Crippen molar-refractivity contribution in [3.63, 3.8) is 0 Å². The molecule has 9 aromatic rings. The predicted molar refractivity (Wildman–Crippen MR) is 253 cm³/mol. The molecule has 5 aromatic heterocycles. The van der Waals surface area contributed by atoms with Crippen LogP contribution in [0.25, 0.3) is 43.6 Å². The number of benzene rings is 4. The zero-order valence-corrected chi connectivity index (χ0v) is 36.3. The summed E-state index contributed by atoms with van der Waals surface area (Å²) in [6.45, 7) is 4.61. The lowest BCUT2D eigenvalue weighted by Crippen LogP contribution is -2.30. The van der Waals surface area contributed by atoms with Crippen molar-refractivity contribution in [1.82, 2.24) is 24.9 Å². The van der Waals surface area contributed by atoms with Crippen molar-refractivity contribution in [1.29, 1.82) is 0 Å². The van der Waals surface area contributed by atoms with Crippen LogP contribution < -0.4 is 20.4 Å². The summed E-state index contributed by atoms with van der Waals surface area (Å²) in [5.41, 5.74) is 9.54. The van der Waals surface area contributed by atoms with Crippen molar-refractivity contribution in [3.8, 4) is 11.5 Å². The van der Waals surface area contributed by atoms with E-state index in [1.165, 1.54) is 12.1 Å². The van der Waals surface area contributed by atoms with E-state index < -0.39 is 11.8 Å². The van der Waals surface area contributed by atoms with Gasteiger partial charge in [-0.05, 0) is 96.8 Å². The normalized spacial score (nSPS) is 15.7. The van der Waals surface area contributed by atoms with Crippen LogP contribution in [-0.4, -0.2) is 83.6 Å². The first-order chi connectivity index (χ1) is 31.4. The molecular weight excluding hydrogens is 869 g/mol. The molecule has 0 spiro atoms. The second kappa shape index (κ2) is 15.0. The summed E-state index contributed by atoms with van der Waals surface area (Å²) in [6, 6.07) is 20.1. The summed E-state index contributed by atoms with van der Waals surface area (Å²) in [4.78, 5) is 73.5. The number of aromatic nitrogens is 5. The van der Waals surface area contributed by atoms with Crippen LogP contribution in [0.4, 0.5) is 22.7 Å². The van der Waals surface area contributed by atoms with Crippen molar-refractivity contribution in [2.45, 2.75) is 25.7 Å². The molecule has 9 N–H and O–H groups in total. The summed E-state index contributed by atoms with van der Waals surface area (Å²) >= 11 is 12.8. The second-order valence-corrected chi connectivity index (χ2v) is 17.4. The number of phenolic OH excluding ortho intramolecular Hbond substituents is 2. The molecule has 7 heterocycles. The maximum atomic E-state index is 14.0. The number of carbonyl (C=O) groups excluding carboxylic acids is 4. The van der Waals surface area contributed by atoms with Gasteiger partial charge in [0.2, 0.25) is 0 Å². The topological polar surface area (TPSA) is 218 Å². The van der Waals surface area contributed by atoms with Crippen LogP contribution in [0, 0.1) is 13.8 Å². The fraction of sp³-hybridized carbons (Fsp3) is 0.167. The molecule has 0 saturated carbocycles. The number of nitrogens with one attached hydrogen (secondary N) is 7. The van der Waals surface area contributed by atoms with Crippen LogP contribution in [0.2, 0.25) is 0 Å². The van der Waals surface area contributed by atoms with Crippen molar-refractivity contribution in [2.75, 3.05) is 45.3 Å². The van der Waals surface area contributed by atoms with Crippen LogP contribution in [0.15, 0.2) is 85.2 Å². The molecule has 0 unspecified atom stereocenters. The molecule has 0 bridgehead atoms. The van der Waals surface area contributed by atoms with E-state index in [0.29, 0.717) is 91.8 Å². The summed E-state index contributed by atoms with van der Waals surface area (Å²) < 4.78 is 0. The Balaban J connectivity index is 0.764. The average molecular weight is 909 g/mol. The number of amides is 4. The number of phenols is 2. The van der Waals surface area contributed by atoms with Gasteiger partial charge in [-0.2, -0.15) is 0 Å². The molecule has 0 aliphatic carbocycles. The molecule has 65 heavy (non-hydrogen) atoms. The zero-order chi connectivity index (χ0) is 45.0. The van der Waals surface area contributed by atoms with E-state index in [1.807, 2.05) is 26.2 Å². The highest BCUT2D eigenvalue weighted by molar-refractivity contribution is 6.20. The first-order valence-electron chi connectivity index (χ1n) is 20.9. The number of halogens is 2. The van der Waals surface area contributed by atoms with Crippen LogP contribution in [-0.2, 0) is 0 Å². The van der Waals surface area contributed by atoms with Gasteiger partial charge in [0.25, 0.3) is 23.6 Å². The van der Waals surface area contributed by atoms with E-state index in [0.717, 1.165) is 33.0 Å². The maximum absolute atomic E-state index is 14.0. The minimum absolute atomic E-state index is 0.0515. The third-order valence-electron chi connectivity index (χ3n) is 12.8. The highest BCUT2D eigenvalue weighted by atomic mass is 35.5. The monoisotopic (exact) mass is 907 g/mol. The molecule has 0 fully saturated rings. The number of anilines is 4. The van der Waals surface area contributed by atoms with Gasteiger partial charge in [0.1, 0.15) is 34.3 Å². The van der Waals surface area contributed by atoms with Crippen molar-refractivity contribution in [2.24, 2.45) is 0 Å². The van der Waals surface area contributed by atoms with E-state index in [9.17, 15) is 29.4 Å². The Morgan fingerprint density at radius 2 is 1.03 bits per heavy atom. The van der Waals surface area contributed by atoms with Gasteiger partial charge in [0.15, 0.2) is 0 Å². The van der Waals surface area contributed by atoms with Crippen LogP contribution >= 0.6 is 23.2 Å². The Morgan fingerprint density at radius 3 is 1.45 bits per heavy atom. The Bertz CT molecular complexity index is 3280. The van der Waals surface area contributed by atoms with E-state index in [1.54, 1.807) is 70.5 Å². The average Bonchev–Trinajstić information content (AvgIpc) is 4.16. The number of hydrogen-bond donors (Lipinski definition) is 9. The lowest BCUT2D eigenvalue weighted by Gasteiger charge is -2.17. The van der Waals surface area contributed by atoms with Gasteiger partial charge >= 0.3 is 0 Å². The molecule has 4 amide bonds. The number of aromatic hydroxyl groups is 2. The number of H-pyrrole nitrogens is 5. The third kappa shape index (κ3) is 6.40. The largest absolute Gasteiger partial charge is 0.506 e. The quantitative estimate of drug-likeness (QED) is 0.0676. The predicted octanol–water partition coefficient (Wildman–Crippen LogP) is 9.44. The number of alkyl halides is 2. The summed E-state index contributed by atoms with van der Waals surface area (Å²) in [6.07, 6.45) is 3.66.